The Labute approximate surface area is 161 Å². The summed E-state index contributed by atoms with van der Waals surface area (Å²) >= 11 is 0. The molecule has 2 N–H and O–H groups in total. The fourth-order valence-electron chi connectivity index (χ4n) is 2.43. The third-order valence-corrected chi connectivity index (χ3v) is 5.35. The molecule has 0 aliphatic heterocycles. The summed E-state index contributed by atoms with van der Waals surface area (Å²) < 4.78 is 45.2. The fourth-order valence-corrected chi connectivity index (χ4v) is 3.54. The van der Waals surface area contributed by atoms with Crippen molar-refractivity contribution in [2.75, 3.05) is 6.54 Å². The Bertz CT molecular complexity index is 1040. The van der Waals surface area contributed by atoms with Crippen molar-refractivity contribution in [2.45, 2.75) is 17.9 Å². The molecule has 28 heavy (non-hydrogen) atoms. The van der Waals surface area contributed by atoms with Gasteiger partial charge in [0, 0.05) is 25.7 Å². The Kier molecular flexibility index (Phi) is 6.17. The third-order valence-electron chi connectivity index (χ3n) is 3.86. The van der Waals surface area contributed by atoms with Crippen LogP contribution in [0.5, 0.6) is 0 Å². The van der Waals surface area contributed by atoms with Gasteiger partial charge in [-0.2, -0.15) is 0 Å². The predicted molar refractivity (Wildman–Crippen MR) is 100.0 cm³/mol. The van der Waals surface area contributed by atoms with Crippen molar-refractivity contribution in [3.05, 3.63) is 72.4 Å². The first kappa shape index (κ1) is 19.7. The van der Waals surface area contributed by atoms with Gasteiger partial charge in [-0.3, -0.25) is 9.78 Å². The lowest BCUT2D eigenvalue weighted by Gasteiger charge is -2.08. The zero-order valence-corrected chi connectivity index (χ0v) is 15.6. The number of carbonyl (C=O) groups excluding carboxylic acids is 1. The molecular weight excluding hydrogens is 385 g/mol. The first-order chi connectivity index (χ1) is 13.5. The van der Waals surface area contributed by atoms with Gasteiger partial charge < -0.3 is 9.73 Å². The van der Waals surface area contributed by atoms with Crippen LogP contribution in [0, 0.1) is 5.82 Å². The monoisotopic (exact) mass is 403 g/mol. The molecule has 0 spiro atoms. The molecule has 0 aliphatic rings. The van der Waals surface area contributed by atoms with E-state index in [0.29, 0.717) is 11.5 Å². The molecule has 9 heteroatoms. The lowest BCUT2D eigenvalue weighted by Crippen LogP contribution is -2.31. The van der Waals surface area contributed by atoms with Crippen molar-refractivity contribution in [3.8, 4) is 11.5 Å². The molecule has 0 saturated carbocycles. The summed E-state index contributed by atoms with van der Waals surface area (Å²) in [7, 11) is -4.00. The molecule has 0 radical (unpaired) electrons. The van der Waals surface area contributed by atoms with E-state index >= 15 is 0 Å². The highest BCUT2D eigenvalue weighted by molar-refractivity contribution is 7.89. The second kappa shape index (κ2) is 8.77. The highest BCUT2D eigenvalue weighted by atomic mass is 32.2. The van der Waals surface area contributed by atoms with Crippen LogP contribution in [0.2, 0.25) is 0 Å². The zero-order valence-electron chi connectivity index (χ0n) is 14.8. The van der Waals surface area contributed by atoms with Crippen molar-refractivity contribution in [1.29, 1.82) is 0 Å². The maximum absolute atomic E-state index is 13.6. The van der Waals surface area contributed by atoms with E-state index in [0.717, 1.165) is 17.7 Å². The van der Waals surface area contributed by atoms with E-state index in [1.807, 2.05) is 6.07 Å². The Morgan fingerprint density at radius 3 is 2.61 bits per heavy atom. The van der Waals surface area contributed by atoms with Gasteiger partial charge in [0.05, 0.1) is 6.26 Å². The summed E-state index contributed by atoms with van der Waals surface area (Å²) in [6, 6.07) is 12.2. The summed E-state index contributed by atoms with van der Waals surface area (Å²) in [5, 5.41) is 2.68. The second-order valence-corrected chi connectivity index (χ2v) is 7.62. The molecule has 2 aromatic heterocycles. The standard InChI is InChI=1S/C19H18FN3O4S/c20-15-4-1-2-6-18(15)28(25,26)23-10-9-19(24)22-13-14-7-8-16(21-12-14)17-5-3-11-27-17/h1-8,11-12,23H,9-10,13H2,(H,22,24). The molecule has 146 valence electrons. The van der Waals surface area contributed by atoms with E-state index in [1.165, 1.54) is 12.1 Å². The van der Waals surface area contributed by atoms with Gasteiger partial charge in [0.2, 0.25) is 15.9 Å². The number of nitrogens with one attached hydrogen (secondary N) is 2. The van der Waals surface area contributed by atoms with Crippen molar-refractivity contribution in [1.82, 2.24) is 15.0 Å². The van der Waals surface area contributed by atoms with Gasteiger partial charge in [-0.05, 0) is 35.9 Å². The van der Waals surface area contributed by atoms with E-state index in [9.17, 15) is 17.6 Å². The minimum absolute atomic E-state index is 0.0778. The van der Waals surface area contributed by atoms with Crippen LogP contribution in [0.15, 0.2) is 70.3 Å². The van der Waals surface area contributed by atoms with E-state index in [1.54, 1.807) is 30.7 Å². The summed E-state index contributed by atoms with van der Waals surface area (Å²) in [5.74, 6) is -0.533. The van der Waals surface area contributed by atoms with Gasteiger partial charge >= 0.3 is 0 Å². The van der Waals surface area contributed by atoms with Crippen molar-refractivity contribution >= 4 is 15.9 Å². The van der Waals surface area contributed by atoms with E-state index in [-0.39, 0.29) is 25.4 Å². The molecule has 0 unspecified atom stereocenters. The maximum atomic E-state index is 13.6. The molecular formula is C19H18FN3O4S. The molecule has 0 saturated heterocycles. The molecule has 3 rings (SSSR count). The molecule has 1 amide bonds. The number of aromatic nitrogens is 1. The largest absolute Gasteiger partial charge is 0.463 e. The predicted octanol–water partition coefficient (Wildman–Crippen LogP) is 2.47. The smallest absolute Gasteiger partial charge is 0.243 e. The summed E-state index contributed by atoms with van der Waals surface area (Å²) in [6.45, 7) is 0.114. The van der Waals surface area contributed by atoms with Crippen LogP contribution in [0.25, 0.3) is 11.5 Å². The quantitative estimate of drug-likeness (QED) is 0.602. The zero-order chi connectivity index (χ0) is 20.0. The second-order valence-electron chi connectivity index (χ2n) is 5.88. The molecule has 0 bridgehead atoms. The average molecular weight is 403 g/mol. The number of benzene rings is 1. The lowest BCUT2D eigenvalue weighted by molar-refractivity contribution is -0.121. The number of hydrogen-bond acceptors (Lipinski definition) is 5. The van der Waals surface area contributed by atoms with Gasteiger partial charge in [0.25, 0.3) is 0 Å². The first-order valence-corrected chi connectivity index (χ1v) is 9.94. The van der Waals surface area contributed by atoms with Gasteiger partial charge in [0.1, 0.15) is 16.4 Å². The normalized spacial score (nSPS) is 11.3. The Balaban J connectivity index is 1.45. The van der Waals surface area contributed by atoms with Crippen molar-refractivity contribution in [2.24, 2.45) is 0 Å². The highest BCUT2D eigenvalue weighted by Gasteiger charge is 2.18. The highest BCUT2D eigenvalue weighted by Crippen LogP contribution is 2.17. The number of halogens is 1. The van der Waals surface area contributed by atoms with Gasteiger partial charge in [-0.1, -0.05) is 18.2 Å². The van der Waals surface area contributed by atoms with E-state index < -0.39 is 20.7 Å². The number of amides is 1. The molecule has 7 nitrogen and oxygen atoms in total. The minimum Gasteiger partial charge on any atom is -0.463 e. The summed E-state index contributed by atoms with van der Waals surface area (Å²) in [5.41, 5.74) is 1.47. The molecule has 0 atom stereocenters. The van der Waals surface area contributed by atoms with Crippen LogP contribution in [0.1, 0.15) is 12.0 Å². The molecule has 0 aliphatic carbocycles. The van der Waals surface area contributed by atoms with Crippen LogP contribution < -0.4 is 10.0 Å². The fraction of sp³-hybridized carbons (Fsp3) is 0.158. The number of pyridine rings is 1. The molecule has 0 fully saturated rings. The van der Waals surface area contributed by atoms with E-state index in [2.05, 4.69) is 15.0 Å². The maximum Gasteiger partial charge on any atom is 0.243 e. The number of rotatable bonds is 8. The van der Waals surface area contributed by atoms with E-state index in [4.69, 9.17) is 4.42 Å². The van der Waals surface area contributed by atoms with Gasteiger partial charge in [-0.25, -0.2) is 17.5 Å². The van der Waals surface area contributed by atoms with Crippen molar-refractivity contribution < 1.29 is 22.0 Å². The number of nitrogens with zero attached hydrogens (tertiary/aromatic N) is 1. The van der Waals surface area contributed by atoms with Crippen LogP contribution in [0.4, 0.5) is 4.39 Å². The van der Waals surface area contributed by atoms with Gasteiger partial charge in [0.15, 0.2) is 5.76 Å². The SMILES string of the molecule is O=C(CCNS(=O)(=O)c1ccccc1F)NCc1ccc(-c2ccco2)nc1. The molecule has 2 heterocycles. The number of hydrogen-bond donors (Lipinski definition) is 2. The van der Waals surface area contributed by atoms with Crippen LogP contribution >= 0.6 is 0 Å². The molecule has 3 aromatic rings. The van der Waals surface area contributed by atoms with Crippen LogP contribution in [-0.4, -0.2) is 25.9 Å². The first-order valence-electron chi connectivity index (χ1n) is 8.45. The summed E-state index contributed by atoms with van der Waals surface area (Å²) in [6.07, 6.45) is 3.11. The van der Waals surface area contributed by atoms with Crippen LogP contribution in [-0.2, 0) is 21.4 Å². The summed E-state index contributed by atoms with van der Waals surface area (Å²) in [4.78, 5) is 15.7. The average Bonchev–Trinajstić information content (AvgIpc) is 3.21. The van der Waals surface area contributed by atoms with Crippen LogP contribution in [0.3, 0.4) is 0 Å². The van der Waals surface area contributed by atoms with Gasteiger partial charge in [-0.15, -0.1) is 0 Å². The lowest BCUT2D eigenvalue weighted by atomic mass is 10.2. The third kappa shape index (κ3) is 5.02. The number of furan rings is 1. The minimum atomic E-state index is -4.00. The Morgan fingerprint density at radius 2 is 1.93 bits per heavy atom. The van der Waals surface area contributed by atoms with Crippen molar-refractivity contribution in [3.63, 3.8) is 0 Å². The number of sulfonamides is 1. The Morgan fingerprint density at radius 1 is 1.11 bits per heavy atom. The Hall–Kier alpha value is -3.04. The number of carbonyl (C=O) groups is 1. The molecule has 1 aromatic carbocycles. The topological polar surface area (TPSA) is 101 Å².